The third-order valence-electron chi connectivity index (χ3n) is 3.30. The Morgan fingerprint density at radius 2 is 1.95 bits per heavy atom. The molecule has 102 valence electrons. The Morgan fingerprint density at radius 1 is 1.15 bits per heavy atom. The van der Waals surface area contributed by atoms with Crippen LogP contribution in [0.25, 0.3) is 16.9 Å². The Kier molecular flexibility index (Phi) is 2.97. The van der Waals surface area contributed by atoms with Gasteiger partial charge in [-0.25, -0.2) is 13.9 Å². The van der Waals surface area contributed by atoms with Crippen molar-refractivity contribution in [3.8, 4) is 11.3 Å². The molecule has 3 heterocycles. The molecule has 3 aromatic heterocycles. The van der Waals surface area contributed by atoms with E-state index in [1.165, 1.54) is 12.3 Å². The molecular weight excluding hydrogens is 255 g/mol. The van der Waals surface area contributed by atoms with Gasteiger partial charge in [0.05, 0.1) is 18.1 Å². The topological polar surface area (TPSA) is 43.1 Å². The molecule has 0 amide bonds. The van der Waals surface area contributed by atoms with Crippen molar-refractivity contribution in [3.05, 3.63) is 47.8 Å². The molecule has 0 atom stereocenters. The molecule has 3 rings (SSSR count). The highest BCUT2D eigenvalue weighted by atomic mass is 19.1. The van der Waals surface area contributed by atoms with E-state index in [4.69, 9.17) is 0 Å². The third kappa shape index (κ3) is 2.05. The standard InChI is InChI=1S/C15H15FN4/c1-9(2)13-8-18-20-10(3)4-14(19-15(13)20)11-5-12(16)7-17-6-11/h4-9H,1-3H3. The van der Waals surface area contributed by atoms with Crippen LogP contribution in [-0.2, 0) is 0 Å². The van der Waals surface area contributed by atoms with Gasteiger partial charge in [-0.1, -0.05) is 13.8 Å². The lowest BCUT2D eigenvalue weighted by Crippen LogP contribution is -1.99. The lowest BCUT2D eigenvalue weighted by Gasteiger charge is -2.07. The Morgan fingerprint density at radius 3 is 2.65 bits per heavy atom. The fraction of sp³-hybridized carbons (Fsp3) is 0.267. The first-order valence-electron chi connectivity index (χ1n) is 6.52. The summed E-state index contributed by atoms with van der Waals surface area (Å²) in [5, 5.41) is 4.36. The second-order valence-corrected chi connectivity index (χ2v) is 5.16. The Bertz CT molecular complexity index is 777. The Hall–Kier alpha value is -2.30. The first kappa shape index (κ1) is 12.7. The molecule has 0 spiro atoms. The fourth-order valence-corrected chi connectivity index (χ4v) is 2.24. The minimum Gasteiger partial charge on any atom is -0.261 e. The Balaban J connectivity index is 2.25. The van der Waals surface area contributed by atoms with Gasteiger partial charge < -0.3 is 0 Å². The van der Waals surface area contributed by atoms with Crippen molar-refractivity contribution in [2.75, 3.05) is 0 Å². The summed E-state index contributed by atoms with van der Waals surface area (Å²) in [6.45, 7) is 6.16. The van der Waals surface area contributed by atoms with E-state index in [2.05, 4.69) is 28.9 Å². The first-order valence-corrected chi connectivity index (χ1v) is 6.52. The molecule has 4 nitrogen and oxygen atoms in total. The van der Waals surface area contributed by atoms with Gasteiger partial charge in [-0.05, 0) is 25.0 Å². The van der Waals surface area contributed by atoms with Gasteiger partial charge in [-0.3, -0.25) is 4.98 Å². The van der Waals surface area contributed by atoms with Gasteiger partial charge in [0.1, 0.15) is 5.82 Å². The van der Waals surface area contributed by atoms with E-state index in [1.807, 2.05) is 23.7 Å². The van der Waals surface area contributed by atoms with Crippen LogP contribution in [0.15, 0.2) is 30.7 Å². The summed E-state index contributed by atoms with van der Waals surface area (Å²) in [5.74, 6) is -0.0281. The van der Waals surface area contributed by atoms with Crippen LogP contribution in [0.1, 0.15) is 31.0 Å². The summed E-state index contributed by atoms with van der Waals surface area (Å²) in [5.41, 5.74) is 4.25. The summed E-state index contributed by atoms with van der Waals surface area (Å²) in [6.07, 6.45) is 4.65. The number of aromatic nitrogens is 4. The molecule has 0 radical (unpaired) electrons. The van der Waals surface area contributed by atoms with Gasteiger partial charge in [0.2, 0.25) is 0 Å². The molecule has 0 N–H and O–H groups in total. The highest BCUT2D eigenvalue weighted by molar-refractivity contribution is 5.63. The van der Waals surface area contributed by atoms with Crippen LogP contribution in [0.3, 0.4) is 0 Å². The number of fused-ring (bicyclic) bond motifs is 1. The Labute approximate surface area is 116 Å². The monoisotopic (exact) mass is 270 g/mol. The summed E-state index contributed by atoms with van der Waals surface area (Å²) in [4.78, 5) is 8.50. The van der Waals surface area contributed by atoms with Crippen molar-refractivity contribution in [3.63, 3.8) is 0 Å². The summed E-state index contributed by atoms with van der Waals surface area (Å²) in [7, 11) is 0. The second kappa shape index (κ2) is 4.67. The molecule has 0 unspecified atom stereocenters. The highest BCUT2D eigenvalue weighted by Gasteiger charge is 2.13. The SMILES string of the molecule is Cc1cc(-c2cncc(F)c2)nc2c(C(C)C)cnn12. The van der Waals surface area contributed by atoms with Crippen LogP contribution in [0.2, 0.25) is 0 Å². The molecule has 0 saturated carbocycles. The van der Waals surface area contributed by atoms with E-state index >= 15 is 0 Å². The molecule has 3 aromatic rings. The van der Waals surface area contributed by atoms with E-state index in [9.17, 15) is 4.39 Å². The molecule has 0 aliphatic carbocycles. The maximum absolute atomic E-state index is 13.3. The van der Waals surface area contributed by atoms with Gasteiger partial charge in [0, 0.05) is 23.0 Å². The minimum absolute atomic E-state index is 0.334. The van der Waals surface area contributed by atoms with E-state index < -0.39 is 0 Å². The summed E-state index contributed by atoms with van der Waals surface area (Å²) < 4.78 is 15.1. The van der Waals surface area contributed by atoms with E-state index in [0.717, 1.165) is 16.9 Å². The van der Waals surface area contributed by atoms with Crippen molar-refractivity contribution in [2.24, 2.45) is 0 Å². The molecule has 0 aliphatic heterocycles. The molecule has 0 aliphatic rings. The molecular formula is C15H15FN4. The van der Waals surface area contributed by atoms with E-state index in [1.54, 1.807) is 6.20 Å². The average Bonchev–Trinajstić information content (AvgIpc) is 2.83. The number of pyridine rings is 1. The van der Waals surface area contributed by atoms with Gasteiger partial charge in [0.15, 0.2) is 5.65 Å². The van der Waals surface area contributed by atoms with Crippen LogP contribution in [0.5, 0.6) is 0 Å². The zero-order valence-corrected chi connectivity index (χ0v) is 11.6. The van der Waals surface area contributed by atoms with E-state index in [0.29, 0.717) is 17.2 Å². The third-order valence-corrected chi connectivity index (χ3v) is 3.30. The maximum Gasteiger partial charge on any atom is 0.159 e. The normalized spacial score (nSPS) is 11.4. The largest absolute Gasteiger partial charge is 0.261 e. The zero-order valence-electron chi connectivity index (χ0n) is 11.6. The number of hydrogen-bond acceptors (Lipinski definition) is 3. The molecule has 0 fully saturated rings. The van der Waals surface area contributed by atoms with E-state index in [-0.39, 0.29) is 5.82 Å². The van der Waals surface area contributed by atoms with Crippen LogP contribution in [0.4, 0.5) is 4.39 Å². The number of nitrogens with zero attached hydrogens (tertiary/aromatic N) is 4. The maximum atomic E-state index is 13.3. The summed E-state index contributed by atoms with van der Waals surface area (Å²) >= 11 is 0. The average molecular weight is 270 g/mol. The lowest BCUT2D eigenvalue weighted by molar-refractivity contribution is 0.622. The lowest BCUT2D eigenvalue weighted by atomic mass is 10.1. The van der Waals surface area contributed by atoms with Crippen molar-refractivity contribution in [1.29, 1.82) is 0 Å². The predicted octanol–water partition coefficient (Wildman–Crippen LogP) is 3.36. The van der Waals surface area contributed by atoms with Crippen molar-refractivity contribution < 1.29 is 4.39 Å². The first-order chi connectivity index (χ1) is 9.56. The highest BCUT2D eigenvalue weighted by Crippen LogP contribution is 2.24. The van der Waals surface area contributed by atoms with Gasteiger partial charge >= 0.3 is 0 Å². The number of aryl methyl sites for hydroxylation is 1. The van der Waals surface area contributed by atoms with Crippen LogP contribution in [-0.4, -0.2) is 19.6 Å². The van der Waals surface area contributed by atoms with Gasteiger partial charge in [0.25, 0.3) is 0 Å². The van der Waals surface area contributed by atoms with Gasteiger partial charge in [-0.2, -0.15) is 5.10 Å². The number of rotatable bonds is 2. The quantitative estimate of drug-likeness (QED) is 0.717. The molecule has 0 bridgehead atoms. The van der Waals surface area contributed by atoms with Crippen molar-refractivity contribution >= 4 is 5.65 Å². The van der Waals surface area contributed by atoms with Crippen LogP contribution >= 0.6 is 0 Å². The van der Waals surface area contributed by atoms with Crippen LogP contribution < -0.4 is 0 Å². The van der Waals surface area contributed by atoms with Crippen molar-refractivity contribution in [1.82, 2.24) is 19.6 Å². The number of hydrogen-bond donors (Lipinski definition) is 0. The molecule has 0 aromatic carbocycles. The smallest absolute Gasteiger partial charge is 0.159 e. The number of halogens is 1. The van der Waals surface area contributed by atoms with Crippen molar-refractivity contribution in [2.45, 2.75) is 26.7 Å². The zero-order chi connectivity index (χ0) is 14.3. The molecule has 20 heavy (non-hydrogen) atoms. The predicted molar refractivity (Wildman–Crippen MR) is 75.0 cm³/mol. The van der Waals surface area contributed by atoms with Gasteiger partial charge in [-0.15, -0.1) is 0 Å². The summed E-state index contributed by atoms with van der Waals surface area (Å²) in [6, 6.07) is 3.33. The second-order valence-electron chi connectivity index (χ2n) is 5.16. The molecule has 5 heteroatoms. The molecule has 0 saturated heterocycles. The minimum atomic E-state index is -0.362. The fourth-order valence-electron chi connectivity index (χ4n) is 2.24. The van der Waals surface area contributed by atoms with Crippen LogP contribution in [0, 0.1) is 12.7 Å².